The lowest BCUT2D eigenvalue weighted by Gasteiger charge is -2.18. The van der Waals surface area contributed by atoms with Crippen LogP contribution in [0, 0.1) is 0 Å². The molecule has 1 aromatic heterocycles. The number of nitrogens with one attached hydrogen (secondary N) is 1. The second-order valence-electron chi connectivity index (χ2n) is 4.45. The number of aryl methyl sites for hydroxylation is 1. The van der Waals surface area contributed by atoms with Gasteiger partial charge in [0, 0.05) is 17.1 Å². The molecule has 0 aliphatic heterocycles. The van der Waals surface area contributed by atoms with E-state index in [-0.39, 0.29) is 0 Å². The summed E-state index contributed by atoms with van der Waals surface area (Å²) in [5.41, 5.74) is 0. The standard InChI is InChI=1S/C13H24N2S/c1-5-7-8-10(3)15-11(4)13-14-9-12(6-2)16-13/h9-11,15H,5-8H2,1-4H3. The van der Waals surface area contributed by atoms with E-state index in [4.69, 9.17) is 0 Å². The third-order valence-corrected chi connectivity index (χ3v) is 4.14. The van der Waals surface area contributed by atoms with Crippen molar-refractivity contribution >= 4 is 11.3 Å². The van der Waals surface area contributed by atoms with E-state index in [1.165, 1.54) is 29.1 Å². The molecule has 1 heterocycles. The first-order valence-electron chi connectivity index (χ1n) is 6.38. The summed E-state index contributed by atoms with van der Waals surface area (Å²) >= 11 is 1.83. The molecule has 0 saturated carbocycles. The topological polar surface area (TPSA) is 24.9 Å². The van der Waals surface area contributed by atoms with Crippen molar-refractivity contribution in [1.29, 1.82) is 0 Å². The molecule has 0 saturated heterocycles. The minimum absolute atomic E-state index is 0.386. The summed E-state index contributed by atoms with van der Waals surface area (Å²) in [6.45, 7) is 8.89. The van der Waals surface area contributed by atoms with E-state index in [1.807, 2.05) is 17.5 Å². The largest absolute Gasteiger partial charge is 0.306 e. The maximum atomic E-state index is 4.48. The van der Waals surface area contributed by atoms with Gasteiger partial charge in [0.25, 0.3) is 0 Å². The fraction of sp³-hybridized carbons (Fsp3) is 0.769. The van der Waals surface area contributed by atoms with Crippen molar-refractivity contribution < 1.29 is 0 Å². The lowest BCUT2D eigenvalue weighted by atomic mass is 10.1. The number of rotatable bonds is 7. The van der Waals surface area contributed by atoms with Gasteiger partial charge in [0.1, 0.15) is 5.01 Å². The van der Waals surface area contributed by atoms with Gasteiger partial charge in [-0.1, -0.05) is 26.7 Å². The van der Waals surface area contributed by atoms with Crippen molar-refractivity contribution in [2.45, 2.75) is 65.5 Å². The van der Waals surface area contributed by atoms with E-state index < -0.39 is 0 Å². The van der Waals surface area contributed by atoms with Crippen LogP contribution in [0.5, 0.6) is 0 Å². The zero-order valence-electron chi connectivity index (χ0n) is 10.9. The van der Waals surface area contributed by atoms with Crippen LogP contribution in [-0.2, 0) is 6.42 Å². The molecule has 1 N–H and O–H groups in total. The average molecular weight is 240 g/mol. The molecular formula is C13H24N2S. The van der Waals surface area contributed by atoms with Gasteiger partial charge in [-0.25, -0.2) is 4.98 Å². The van der Waals surface area contributed by atoms with Gasteiger partial charge in [0.05, 0.1) is 6.04 Å². The Morgan fingerprint density at radius 1 is 1.38 bits per heavy atom. The van der Waals surface area contributed by atoms with Crippen molar-refractivity contribution in [3.63, 3.8) is 0 Å². The van der Waals surface area contributed by atoms with Gasteiger partial charge in [-0.3, -0.25) is 0 Å². The second kappa shape index (κ2) is 7.02. The maximum absolute atomic E-state index is 4.48. The van der Waals surface area contributed by atoms with Crippen molar-refractivity contribution in [2.24, 2.45) is 0 Å². The van der Waals surface area contributed by atoms with Crippen LogP contribution < -0.4 is 5.32 Å². The van der Waals surface area contributed by atoms with E-state index in [0.29, 0.717) is 12.1 Å². The van der Waals surface area contributed by atoms with Gasteiger partial charge < -0.3 is 5.32 Å². The molecule has 16 heavy (non-hydrogen) atoms. The molecular weight excluding hydrogens is 216 g/mol. The molecule has 0 fully saturated rings. The van der Waals surface area contributed by atoms with Crippen LogP contribution in [0.4, 0.5) is 0 Å². The molecule has 2 nitrogen and oxygen atoms in total. The smallest absolute Gasteiger partial charge is 0.109 e. The summed E-state index contributed by atoms with van der Waals surface area (Å²) in [4.78, 5) is 5.86. The number of thiazole rings is 1. The summed E-state index contributed by atoms with van der Waals surface area (Å²) in [6, 6.07) is 0.973. The monoisotopic (exact) mass is 240 g/mol. The Kier molecular flexibility index (Phi) is 5.99. The van der Waals surface area contributed by atoms with E-state index >= 15 is 0 Å². The molecule has 0 spiro atoms. The predicted molar refractivity (Wildman–Crippen MR) is 72.0 cm³/mol. The van der Waals surface area contributed by atoms with Crippen molar-refractivity contribution in [2.75, 3.05) is 0 Å². The molecule has 3 heteroatoms. The summed E-state index contributed by atoms with van der Waals surface area (Å²) in [5.74, 6) is 0. The third-order valence-electron chi connectivity index (χ3n) is 2.82. The molecule has 1 rings (SSSR count). The lowest BCUT2D eigenvalue weighted by Crippen LogP contribution is -2.28. The first-order chi connectivity index (χ1) is 7.67. The SMILES string of the molecule is CCCCC(C)NC(C)c1ncc(CC)s1. The van der Waals surface area contributed by atoms with Crippen LogP contribution in [0.1, 0.15) is 62.9 Å². The fourth-order valence-corrected chi connectivity index (χ4v) is 2.65. The summed E-state index contributed by atoms with van der Waals surface area (Å²) in [7, 11) is 0. The fourth-order valence-electron chi connectivity index (χ4n) is 1.78. The Balaban J connectivity index is 2.41. The minimum atomic E-state index is 0.386. The predicted octanol–water partition coefficient (Wildman–Crippen LogP) is 3.93. The molecule has 0 aromatic carbocycles. The van der Waals surface area contributed by atoms with Crippen LogP contribution in [0.3, 0.4) is 0 Å². The van der Waals surface area contributed by atoms with Crippen LogP contribution in [0.15, 0.2) is 6.20 Å². The van der Waals surface area contributed by atoms with Crippen LogP contribution in [-0.4, -0.2) is 11.0 Å². The number of hydrogen-bond acceptors (Lipinski definition) is 3. The molecule has 92 valence electrons. The molecule has 2 unspecified atom stereocenters. The number of hydrogen-bond donors (Lipinski definition) is 1. The highest BCUT2D eigenvalue weighted by Crippen LogP contribution is 2.21. The molecule has 0 amide bonds. The molecule has 0 aliphatic rings. The van der Waals surface area contributed by atoms with Crippen molar-refractivity contribution in [3.05, 3.63) is 16.1 Å². The van der Waals surface area contributed by atoms with E-state index in [0.717, 1.165) is 6.42 Å². The molecule has 0 aliphatic carbocycles. The first kappa shape index (κ1) is 13.7. The summed E-state index contributed by atoms with van der Waals surface area (Å²) in [5, 5.41) is 4.84. The van der Waals surface area contributed by atoms with Crippen molar-refractivity contribution in [1.82, 2.24) is 10.3 Å². The Labute approximate surface area is 103 Å². The van der Waals surface area contributed by atoms with Gasteiger partial charge >= 0.3 is 0 Å². The van der Waals surface area contributed by atoms with Gasteiger partial charge in [-0.15, -0.1) is 11.3 Å². The Morgan fingerprint density at radius 2 is 2.12 bits per heavy atom. The highest BCUT2D eigenvalue weighted by Gasteiger charge is 2.12. The van der Waals surface area contributed by atoms with E-state index in [2.05, 4.69) is 38.0 Å². The maximum Gasteiger partial charge on any atom is 0.109 e. The number of unbranched alkanes of at least 4 members (excludes halogenated alkanes) is 1. The summed E-state index contributed by atoms with van der Waals surface area (Å²) in [6.07, 6.45) is 6.94. The van der Waals surface area contributed by atoms with Gasteiger partial charge in [0.15, 0.2) is 0 Å². The second-order valence-corrected chi connectivity index (χ2v) is 5.60. The Morgan fingerprint density at radius 3 is 2.69 bits per heavy atom. The van der Waals surface area contributed by atoms with Crippen LogP contribution in [0.25, 0.3) is 0 Å². The van der Waals surface area contributed by atoms with Gasteiger partial charge in [-0.2, -0.15) is 0 Å². The van der Waals surface area contributed by atoms with E-state index in [1.54, 1.807) is 0 Å². The minimum Gasteiger partial charge on any atom is -0.306 e. The highest BCUT2D eigenvalue weighted by atomic mass is 32.1. The zero-order valence-corrected chi connectivity index (χ0v) is 11.7. The van der Waals surface area contributed by atoms with E-state index in [9.17, 15) is 0 Å². The first-order valence-corrected chi connectivity index (χ1v) is 7.19. The van der Waals surface area contributed by atoms with Gasteiger partial charge in [-0.05, 0) is 26.7 Å². The normalized spacial score (nSPS) is 15.0. The van der Waals surface area contributed by atoms with Crippen molar-refractivity contribution in [3.8, 4) is 0 Å². The number of nitrogens with zero attached hydrogens (tertiary/aromatic N) is 1. The zero-order chi connectivity index (χ0) is 12.0. The molecule has 2 atom stereocenters. The Bertz CT molecular complexity index is 296. The molecule has 1 aromatic rings. The highest BCUT2D eigenvalue weighted by molar-refractivity contribution is 7.11. The lowest BCUT2D eigenvalue weighted by molar-refractivity contribution is 0.443. The third kappa shape index (κ3) is 4.22. The summed E-state index contributed by atoms with van der Waals surface area (Å²) < 4.78 is 0. The molecule has 0 radical (unpaired) electrons. The number of aromatic nitrogens is 1. The van der Waals surface area contributed by atoms with Crippen LogP contribution >= 0.6 is 11.3 Å². The molecule has 0 bridgehead atoms. The quantitative estimate of drug-likeness (QED) is 0.781. The van der Waals surface area contributed by atoms with Crippen LogP contribution in [0.2, 0.25) is 0 Å². The average Bonchev–Trinajstić information content (AvgIpc) is 2.74. The Hall–Kier alpha value is -0.410. The van der Waals surface area contributed by atoms with Gasteiger partial charge in [0.2, 0.25) is 0 Å².